The van der Waals surface area contributed by atoms with Crippen LogP contribution in [0.1, 0.15) is 40.0 Å². The molecular weight excluding hydrogens is 565 g/mol. The molecule has 218 valence electrons. The van der Waals surface area contributed by atoms with Crippen molar-refractivity contribution in [1.29, 1.82) is 0 Å². The van der Waals surface area contributed by atoms with Crippen LogP contribution in [-0.2, 0) is 13.3 Å². The highest BCUT2D eigenvalue weighted by Gasteiger charge is 2.93. The van der Waals surface area contributed by atoms with Gasteiger partial charge in [0.05, 0.1) is 0 Å². The Labute approximate surface area is 196 Å². The summed E-state index contributed by atoms with van der Waals surface area (Å²) in [6.07, 6.45) is -11.7. The molecule has 19 heteroatoms. The molecular formula is C17H23F15O3Si. The number of halogens is 15. The van der Waals surface area contributed by atoms with Crippen molar-refractivity contribution in [2.45, 2.75) is 87.8 Å². The van der Waals surface area contributed by atoms with Crippen LogP contribution in [0.3, 0.4) is 0 Å². The van der Waals surface area contributed by atoms with Crippen molar-refractivity contribution in [1.82, 2.24) is 0 Å². The molecule has 3 nitrogen and oxygen atoms in total. The van der Waals surface area contributed by atoms with Gasteiger partial charge in [-0.05, 0) is 33.6 Å². The monoisotopic (exact) mass is 588 g/mol. The minimum Gasteiger partial charge on any atom is -0.374 e. The van der Waals surface area contributed by atoms with Crippen LogP contribution in [-0.4, -0.2) is 70.3 Å². The molecule has 0 unspecified atom stereocenters. The van der Waals surface area contributed by atoms with Crippen LogP contribution in [0.4, 0.5) is 65.9 Å². The first-order chi connectivity index (χ1) is 15.9. The maximum atomic E-state index is 13.9. The molecule has 0 radical (unpaired) electrons. The molecule has 0 aromatic rings. The summed E-state index contributed by atoms with van der Waals surface area (Å²) in [4.78, 5) is 0. The molecule has 0 heterocycles. The minimum atomic E-state index is -8.27. The van der Waals surface area contributed by atoms with Crippen molar-refractivity contribution in [3.05, 3.63) is 0 Å². The molecule has 0 atom stereocenters. The highest BCUT2D eigenvalue weighted by Crippen LogP contribution is 2.62. The summed E-state index contributed by atoms with van der Waals surface area (Å²) in [6, 6.07) is -0.355. The predicted molar refractivity (Wildman–Crippen MR) is 95.0 cm³/mol. The topological polar surface area (TPSA) is 27.7 Å². The van der Waals surface area contributed by atoms with Gasteiger partial charge < -0.3 is 13.3 Å². The molecule has 0 fully saturated rings. The van der Waals surface area contributed by atoms with Crippen LogP contribution in [0.5, 0.6) is 0 Å². The van der Waals surface area contributed by atoms with E-state index in [2.05, 4.69) is 0 Å². The highest BCUT2D eigenvalue weighted by molar-refractivity contribution is 6.60. The van der Waals surface area contributed by atoms with Crippen molar-refractivity contribution in [3.8, 4) is 0 Å². The molecule has 0 spiro atoms. The van der Waals surface area contributed by atoms with Crippen molar-refractivity contribution in [2.24, 2.45) is 0 Å². The molecule has 0 aliphatic rings. The second kappa shape index (κ2) is 11.4. The quantitative estimate of drug-likeness (QED) is 0.106. The Morgan fingerprint density at radius 3 is 1.14 bits per heavy atom. The SMILES string of the molecule is CCO[Si](CCCCC(F)(F)C(F)(F)C(F)(F)C(F)(F)C(F)(F)C(F)(F)C(F)(F)F)(OCC)OCC. The maximum Gasteiger partial charge on any atom is 0.500 e. The molecule has 36 heavy (non-hydrogen) atoms. The number of alkyl halides is 15. The predicted octanol–water partition coefficient (Wildman–Crippen LogP) is 7.58. The zero-order valence-electron chi connectivity index (χ0n) is 18.8. The molecule has 0 amide bonds. The van der Waals surface area contributed by atoms with E-state index in [9.17, 15) is 65.9 Å². The van der Waals surface area contributed by atoms with Gasteiger partial charge in [0, 0.05) is 32.3 Å². The van der Waals surface area contributed by atoms with E-state index in [1.165, 1.54) is 20.8 Å². The van der Waals surface area contributed by atoms with Crippen molar-refractivity contribution >= 4 is 8.80 Å². The Morgan fingerprint density at radius 1 is 0.472 bits per heavy atom. The fourth-order valence-electron chi connectivity index (χ4n) is 2.85. The fourth-order valence-corrected chi connectivity index (χ4v) is 5.53. The molecule has 0 aromatic carbocycles. The van der Waals surface area contributed by atoms with Gasteiger partial charge in [-0.2, -0.15) is 65.9 Å². The molecule has 0 aliphatic carbocycles. The summed E-state index contributed by atoms with van der Waals surface area (Å²) >= 11 is 0. The summed E-state index contributed by atoms with van der Waals surface area (Å²) in [7, 11) is -3.56. The van der Waals surface area contributed by atoms with Crippen LogP contribution < -0.4 is 0 Å². The third-order valence-electron chi connectivity index (χ3n) is 4.71. The van der Waals surface area contributed by atoms with E-state index in [1.54, 1.807) is 0 Å². The third kappa shape index (κ3) is 6.19. The first-order valence-corrected chi connectivity index (χ1v) is 12.1. The molecule has 0 N–H and O–H groups in total. The molecule has 0 saturated heterocycles. The van der Waals surface area contributed by atoms with E-state index in [4.69, 9.17) is 13.3 Å². The van der Waals surface area contributed by atoms with Crippen LogP contribution in [0.2, 0.25) is 6.04 Å². The highest BCUT2D eigenvalue weighted by atomic mass is 28.4. The lowest BCUT2D eigenvalue weighted by Gasteiger charge is -2.41. The van der Waals surface area contributed by atoms with E-state index < -0.39 is 69.8 Å². The van der Waals surface area contributed by atoms with Gasteiger partial charge in [-0.1, -0.05) is 0 Å². The Bertz CT molecular complexity index is 680. The van der Waals surface area contributed by atoms with Gasteiger partial charge in [0.25, 0.3) is 0 Å². The normalized spacial score (nSPS) is 15.5. The summed E-state index contributed by atoms with van der Waals surface area (Å²) in [5.41, 5.74) is 0. The van der Waals surface area contributed by atoms with Crippen LogP contribution in [0, 0.1) is 0 Å². The molecule has 0 rings (SSSR count). The molecule has 0 aliphatic heterocycles. The summed E-state index contributed by atoms with van der Waals surface area (Å²) < 4.78 is 214. The van der Waals surface area contributed by atoms with Crippen LogP contribution in [0.15, 0.2) is 0 Å². The number of rotatable bonds is 16. The summed E-state index contributed by atoms with van der Waals surface area (Å²) in [5, 5.41) is 0. The number of unbranched alkanes of at least 4 members (excludes halogenated alkanes) is 1. The van der Waals surface area contributed by atoms with E-state index in [1.807, 2.05) is 0 Å². The van der Waals surface area contributed by atoms with Crippen LogP contribution >= 0.6 is 0 Å². The second-order valence-electron chi connectivity index (χ2n) is 7.26. The van der Waals surface area contributed by atoms with Gasteiger partial charge in [0.15, 0.2) is 0 Å². The molecule has 0 aromatic heterocycles. The Hall–Kier alpha value is -0.953. The Morgan fingerprint density at radius 2 is 0.806 bits per heavy atom. The van der Waals surface area contributed by atoms with Gasteiger partial charge in [-0.15, -0.1) is 0 Å². The maximum absolute atomic E-state index is 13.9. The smallest absolute Gasteiger partial charge is 0.374 e. The van der Waals surface area contributed by atoms with Gasteiger partial charge in [0.2, 0.25) is 0 Å². The van der Waals surface area contributed by atoms with E-state index in [0.717, 1.165) is 0 Å². The minimum absolute atomic E-state index is 0.0153. The van der Waals surface area contributed by atoms with Gasteiger partial charge in [0.1, 0.15) is 0 Å². The fraction of sp³-hybridized carbons (Fsp3) is 1.00. The number of hydrogen-bond donors (Lipinski definition) is 0. The molecule has 0 saturated carbocycles. The lowest BCUT2D eigenvalue weighted by Crippen LogP contribution is -2.72. The van der Waals surface area contributed by atoms with Crippen molar-refractivity contribution in [2.75, 3.05) is 19.8 Å². The van der Waals surface area contributed by atoms with Gasteiger partial charge in [-0.25, -0.2) is 0 Å². The average Bonchev–Trinajstić information content (AvgIpc) is 2.70. The first kappa shape index (κ1) is 35.0. The van der Waals surface area contributed by atoms with Gasteiger partial charge >= 0.3 is 50.5 Å². The lowest BCUT2D eigenvalue weighted by atomic mass is 9.89. The van der Waals surface area contributed by atoms with Crippen molar-refractivity contribution in [3.63, 3.8) is 0 Å². The third-order valence-corrected chi connectivity index (χ3v) is 7.86. The van der Waals surface area contributed by atoms with E-state index in [0.29, 0.717) is 0 Å². The summed E-state index contributed by atoms with van der Waals surface area (Å²) in [6.45, 7) is 4.40. The standard InChI is InChI=1S/C17H23F15O3Si/c1-4-33-36(34-5-2,35-6-3)10-8-7-9-11(18,19)12(20,21)13(22,23)14(24,25)15(26,27)16(28,29)17(30,31)32/h4-10H2,1-3H3. The number of hydrogen-bond acceptors (Lipinski definition) is 3. The zero-order valence-corrected chi connectivity index (χ0v) is 19.8. The van der Waals surface area contributed by atoms with Crippen molar-refractivity contribution < 1.29 is 79.1 Å². The van der Waals surface area contributed by atoms with E-state index >= 15 is 0 Å². The zero-order chi connectivity index (χ0) is 29.1. The first-order valence-electron chi connectivity index (χ1n) is 10.1. The Kier molecular flexibility index (Phi) is 11.1. The second-order valence-corrected chi connectivity index (χ2v) is 10.00. The lowest BCUT2D eigenvalue weighted by molar-refractivity contribution is -0.452. The van der Waals surface area contributed by atoms with Crippen LogP contribution in [0.25, 0.3) is 0 Å². The Balaban J connectivity index is 5.89. The van der Waals surface area contributed by atoms with E-state index in [-0.39, 0.29) is 25.9 Å². The average molecular weight is 588 g/mol. The summed E-state index contributed by atoms with van der Waals surface area (Å²) in [5.74, 6) is -46.3. The largest absolute Gasteiger partial charge is 0.500 e. The molecule has 0 bridgehead atoms. The van der Waals surface area contributed by atoms with Gasteiger partial charge in [-0.3, -0.25) is 0 Å².